The first kappa shape index (κ1) is 22.2. The van der Waals surface area contributed by atoms with E-state index in [2.05, 4.69) is 50.1 Å². The van der Waals surface area contributed by atoms with E-state index in [1.807, 2.05) is 19.1 Å². The van der Waals surface area contributed by atoms with Crippen molar-refractivity contribution in [1.29, 1.82) is 0 Å². The van der Waals surface area contributed by atoms with Gasteiger partial charge in [-0.05, 0) is 42.8 Å². The quantitative estimate of drug-likeness (QED) is 0.547. The van der Waals surface area contributed by atoms with Gasteiger partial charge in [0.05, 0.1) is 16.5 Å². The first-order valence-electron chi connectivity index (χ1n) is 10.6. The molecule has 0 unspecified atom stereocenters. The number of thiophene rings is 1. The number of nitrogens with zero attached hydrogens (tertiary/aromatic N) is 4. The maximum absolute atomic E-state index is 6.03. The predicted molar refractivity (Wildman–Crippen MR) is 129 cm³/mol. The van der Waals surface area contributed by atoms with Crippen molar-refractivity contribution in [3.63, 3.8) is 0 Å². The van der Waals surface area contributed by atoms with Crippen molar-refractivity contribution in [2.45, 2.75) is 19.5 Å². The molecule has 164 valence electrons. The second-order valence-electron chi connectivity index (χ2n) is 7.70. The van der Waals surface area contributed by atoms with Crippen molar-refractivity contribution in [2.75, 3.05) is 45.1 Å². The molecular weight excluding hydrogens is 430 g/mol. The number of nitrogen functional groups attached to an aromatic ring is 1. The largest absolute Gasteiger partial charge is 0.383 e. The van der Waals surface area contributed by atoms with E-state index in [4.69, 9.17) is 22.1 Å². The summed E-state index contributed by atoms with van der Waals surface area (Å²) in [6.07, 6.45) is 5.91. The first-order chi connectivity index (χ1) is 15.1. The summed E-state index contributed by atoms with van der Waals surface area (Å²) < 4.78 is 6.63. The number of fused-ring (bicyclic) bond motifs is 1. The number of anilines is 1. The smallest absolute Gasteiger partial charge is 0.134 e. The Hall–Kier alpha value is -2.03. The molecule has 0 radical (unpaired) electrons. The number of piperazine rings is 1. The Labute approximate surface area is 192 Å². The third-order valence-corrected chi connectivity index (χ3v) is 6.75. The molecule has 1 aliphatic heterocycles. The molecule has 1 aliphatic rings. The minimum atomic E-state index is 0.365. The van der Waals surface area contributed by atoms with Crippen LogP contribution in [0, 0.1) is 0 Å². The summed E-state index contributed by atoms with van der Waals surface area (Å²) in [5.74, 6) is 0.528. The van der Waals surface area contributed by atoms with Gasteiger partial charge in [0.15, 0.2) is 0 Å². The van der Waals surface area contributed by atoms with Crippen molar-refractivity contribution >= 4 is 45.7 Å². The van der Waals surface area contributed by atoms with Crippen LogP contribution in [0.1, 0.15) is 17.4 Å². The number of benzene rings is 1. The lowest BCUT2D eigenvalue weighted by molar-refractivity contribution is 0.0164. The summed E-state index contributed by atoms with van der Waals surface area (Å²) >= 11 is 7.63. The molecule has 31 heavy (non-hydrogen) atoms. The SMILES string of the molecule is CCOC[C@@H]1CN(Cc2ccc3c(N)ncnc3c2)CCN1CC=Cc1ccc(Cl)s1. The molecule has 2 N–H and O–H groups in total. The molecule has 0 aliphatic carbocycles. The van der Waals surface area contributed by atoms with Gasteiger partial charge in [-0.1, -0.05) is 23.7 Å². The molecule has 4 rings (SSSR count). The van der Waals surface area contributed by atoms with Gasteiger partial charge in [0.1, 0.15) is 12.1 Å². The Morgan fingerprint density at radius 1 is 1.26 bits per heavy atom. The standard InChI is InChI=1S/C23H28ClN5OS/c1-2-30-15-18-14-28(10-11-29(18)9-3-4-19-6-8-22(24)31-19)13-17-5-7-20-21(12-17)26-16-27-23(20)25/h3-8,12,16,18H,2,9-11,13-15H2,1H3,(H2,25,26,27)/t18-/m0/s1. The van der Waals surface area contributed by atoms with E-state index in [0.29, 0.717) is 11.9 Å². The highest BCUT2D eigenvalue weighted by atomic mass is 35.5. The second kappa shape index (κ2) is 10.5. The molecule has 3 aromatic rings. The third kappa shape index (κ3) is 5.81. The van der Waals surface area contributed by atoms with Gasteiger partial charge in [0.2, 0.25) is 0 Å². The molecule has 2 aromatic heterocycles. The van der Waals surface area contributed by atoms with Gasteiger partial charge >= 0.3 is 0 Å². The molecule has 0 spiro atoms. The second-order valence-corrected chi connectivity index (χ2v) is 9.44. The highest BCUT2D eigenvalue weighted by molar-refractivity contribution is 7.16. The van der Waals surface area contributed by atoms with Crippen LogP contribution in [0.25, 0.3) is 17.0 Å². The van der Waals surface area contributed by atoms with Gasteiger partial charge in [-0.3, -0.25) is 9.80 Å². The Bertz CT molecular complexity index is 1040. The maximum atomic E-state index is 6.03. The number of aromatic nitrogens is 2. The van der Waals surface area contributed by atoms with Crippen LogP contribution in [0.2, 0.25) is 4.34 Å². The topological polar surface area (TPSA) is 67.5 Å². The van der Waals surface area contributed by atoms with Crippen LogP contribution < -0.4 is 5.73 Å². The first-order valence-corrected chi connectivity index (χ1v) is 11.8. The van der Waals surface area contributed by atoms with Gasteiger partial charge in [-0.2, -0.15) is 0 Å². The lowest BCUT2D eigenvalue weighted by atomic mass is 10.1. The van der Waals surface area contributed by atoms with E-state index in [9.17, 15) is 0 Å². The van der Waals surface area contributed by atoms with E-state index in [1.165, 1.54) is 16.8 Å². The van der Waals surface area contributed by atoms with Crippen LogP contribution in [0.4, 0.5) is 5.82 Å². The van der Waals surface area contributed by atoms with E-state index < -0.39 is 0 Å². The Balaban J connectivity index is 1.39. The summed E-state index contributed by atoms with van der Waals surface area (Å²) in [6.45, 7) is 8.33. The van der Waals surface area contributed by atoms with Crippen molar-refractivity contribution < 1.29 is 4.74 Å². The van der Waals surface area contributed by atoms with Crippen LogP contribution in [-0.2, 0) is 11.3 Å². The van der Waals surface area contributed by atoms with Gasteiger partial charge in [-0.15, -0.1) is 11.3 Å². The van der Waals surface area contributed by atoms with Crippen molar-refractivity contribution in [1.82, 2.24) is 19.8 Å². The molecule has 3 heterocycles. The highest BCUT2D eigenvalue weighted by Gasteiger charge is 2.26. The molecule has 0 bridgehead atoms. The van der Waals surface area contributed by atoms with Crippen LogP contribution in [0.5, 0.6) is 0 Å². The molecule has 1 atom stereocenters. The number of ether oxygens (including phenoxy) is 1. The average Bonchev–Trinajstić information content (AvgIpc) is 3.18. The van der Waals surface area contributed by atoms with Crippen molar-refractivity contribution in [2.24, 2.45) is 0 Å². The predicted octanol–water partition coefficient (Wildman–Crippen LogP) is 4.16. The number of hydrogen-bond acceptors (Lipinski definition) is 7. The van der Waals surface area contributed by atoms with E-state index in [-0.39, 0.29) is 0 Å². The number of nitrogens with two attached hydrogens (primary N) is 1. The van der Waals surface area contributed by atoms with Crippen molar-refractivity contribution in [3.8, 4) is 0 Å². The van der Waals surface area contributed by atoms with Gasteiger partial charge in [0.25, 0.3) is 0 Å². The maximum Gasteiger partial charge on any atom is 0.134 e. The minimum absolute atomic E-state index is 0.365. The normalized spacial score (nSPS) is 18.3. The summed E-state index contributed by atoms with van der Waals surface area (Å²) in [4.78, 5) is 14.6. The fourth-order valence-corrected chi connectivity index (χ4v) is 4.95. The third-order valence-electron chi connectivity index (χ3n) is 5.56. The molecule has 0 amide bonds. The highest BCUT2D eigenvalue weighted by Crippen LogP contribution is 2.23. The fourth-order valence-electron chi connectivity index (χ4n) is 3.96. The molecule has 8 heteroatoms. The molecule has 0 saturated carbocycles. The van der Waals surface area contributed by atoms with Crippen LogP contribution >= 0.6 is 22.9 Å². The van der Waals surface area contributed by atoms with E-state index in [0.717, 1.165) is 61.2 Å². The summed E-state index contributed by atoms with van der Waals surface area (Å²) in [7, 11) is 0. The van der Waals surface area contributed by atoms with Gasteiger partial charge in [0, 0.05) is 55.6 Å². The number of hydrogen-bond donors (Lipinski definition) is 1. The van der Waals surface area contributed by atoms with Gasteiger partial charge in [-0.25, -0.2) is 9.97 Å². The molecule has 1 fully saturated rings. The fraction of sp³-hybridized carbons (Fsp3) is 0.391. The zero-order valence-corrected chi connectivity index (χ0v) is 19.3. The Morgan fingerprint density at radius 2 is 2.16 bits per heavy atom. The Kier molecular flexibility index (Phi) is 7.53. The monoisotopic (exact) mass is 457 g/mol. The van der Waals surface area contributed by atoms with Crippen LogP contribution in [0.15, 0.2) is 42.7 Å². The lowest BCUT2D eigenvalue weighted by Crippen LogP contribution is -2.54. The van der Waals surface area contributed by atoms with Crippen molar-refractivity contribution in [3.05, 3.63) is 57.5 Å². The number of rotatable bonds is 8. The van der Waals surface area contributed by atoms with Crippen LogP contribution in [0.3, 0.4) is 0 Å². The Morgan fingerprint density at radius 3 is 2.97 bits per heavy atom. The summed E-state index contributed by atoms with van der Waals surface area (Å²) in [6, 6.07) is 10.6. The molecule has 1 saturated heterocycles. The minimum Gasteiger partial charge on any atom is -0.383 e. The van der Waals surface area contributed by atoms with E-state index in [1.54, 1.807) is 11.3 Å². The van der Waals surface area contributed by atoms with E-state index >= 15 is 0 Å². The van der Waals surface area contributed by atoms with Gasteiger partial charge < -0.3 is 10.5 Å². The average molecular weight is 458 g/mol. The number of halogens is 1. The molecular formula is C23H28ClN5OS. The molecule has 6 nitrogen and oxygen atoms in total. The zero-order chi connectivity index (χ0) is 21.6. The molecule has 1 aromatic carbocycles. The zero-order valence-electron chi connectivity index (χ0n) is 17.7. The summed E-state index contributed by atoms with van der Waals surface area (Å²) in [5, 5.41) is 0.907. The summed E-state index contributed by atoms with van der Waals surface area (Å²) in [5.41, 5.74) is 8.09. The lowest BCUT2D eigenvalue weighted by Gasteiger charge is -2.41. The van der Waals surface area contributed by atoms with Crippen LogP contribution in [-0.4, -0.2) is 65.2 Å².